The van der Waals surface area contributed by atoms with Gasteiger partial charge in [0.1, 0.15) is 5.56 Å². The number of nitrogens with one attached hydrogen (secondary N) is 1. The molecule has 2 heterocycles. The number of hydrogen-bond acceptors (Lipinski definition) is 5. The molecule has 2 aliphatic carbocycles. The first-order valence-corrected chi connectivity index (χ1v) is 9.79. The maximum absolute atomic E-state index is 13.6. The van der Waals surface area contributed by atoms with E-state index in [0.29, 0.717) is 11.5 Å². The van der Waals surface area contributed by atoms with E-state index in [4.69, 9.17) is 5.73 Å². The number of halogens is 3. The van der Waals surface area contributed by atoms with Crippen LogP contribution in [0.5, 0.6) is 0 Å². The van der Waals surface area contributed by atoms with Gasteiger partial charge in [-0.25, -0.2) is 9.97 Å². The quantitative estimate of drug-likeness (QED) is 0.811. The molecular formula is C19H25F3N6. The van der Waals surface area contributed by atoms with Gasteiger partial charge >= 0.3 is 6.18 Å². The fourth-order valence-electron chi connectivity index (χ4n) is 3.81. The Balaban J connectivity index is 1.68. The van der Waals surface area contributed by atoms with Crippen molar-refractivity contribution in [2.75, 3.05) is 5.32 Å². The molecule has 2 saturated carbocycles. The Hall–Kier alpha value is -2.16. The van der Waals surface area contributed by atoms with E-state index in [9.17, 15) is 13.2 Å². The summed E-state index contributed by atoms with van der Waals surface area (Å²) in [6.07, 6.45) is 4.27. The van der Waals surface area contributed by atoms with Crippen molar-refractivity contribution in [2.24, 2.45) is 18.7 Å². The molecule has 6 nitrogen and oxygen atoms in total. The molecular weight excluding hydrogens is 369 g/mol. The topological polar surface area (TPSA) is 81.7 Å². The summed E-state index contributed by atoms with van der Waals surface area (Å²) in [6, 6.07) is 0.326. The third-order valence-electron chi connectivity index (χ3n) is 5.69. The SMILES string of the molecule is Cn1ncc(-c2nc(N[C@H]3CC[C@H](N)CC3)ncc2C(F)(F)F)c1CC1CC1. The van der Waals surface area contributed by atoms with Crippen molar-refractivity contribution < 1.29 is 13.2 Å². The molecule has 9 heteroatoms. The van der Waals surface area contributed by atoms with E-state index in [1.165, 1.54) is 6.20 Å². The van der Waals surface area contributed by atoms with Crippen LogP contribution in [0.2, 0.25) is 0 Å². The fourth-order valence-corrected chi connectivity index (χ4v) is 3.81. The zero-order valence-corrected chi connectivity index (χ0v) is 15.8. The smallest absolute Gasteiger partial charge is 0.351 e. The molecule has 0 spiro atoms. The lowest BCUT2D eigenvalue weighted by molar-refractivity contribution is -0.137. The monoisotopic (exact) mass is 394 g/mol. The number of alkyl halides is 3. The first-order valence-electron chi connectivity index (χ1n) is 9.79. The highest BCUT2D eigenvalue weighted by molar-refractivity contribution is 5.67. The number of aromatic nitrogens is 4. The van der Waals surface area contributed by atoms with Crippen LogP contribution < -0.4 is 11.1 Å². The van der Waals surface area contributed by atoms with Crippen LogP contribution in [-0.4, -0.2) is 31.8 Å². The highest BCUT2D eigenvalue weighted by atomic mass is 19.4. The van der Waals surface area contributed by atoms with E-state index >= 15 is 0 Å². The molecule has 0 aromatic carbocycles. The van der Waals surface area contributed by atoms with Crippen LogP contribution in [0.4, 0.5) is 19.1 Å². The van der Waals surface area contributed by atoms with E-state index in [0.717, 1.165) is 56.8 Å². The number of hydrogen-bond donors (Lipinski definition) is 2. The maximum Gasteiger partial charge on any atom is 0.419 e. The van der Waals surface area contributed by atoms with Crippen molar-refractivity contribution in [2.45, 2.75) is 63.2 Å². The van der Waals surface area contributed by atoms with Crippen molar-refractivity contribution in [3.63, 3.8) is 0 Å². The van der Waals surface area contributed by atoms with Gasteiger partial charge in [0.05, 0.1) is 11.9 Å². The van der Waals surface area contributed by atoms with Crippen LogP contribution in [0.15, 0.2) is 12.4 Å². The summed E-state index contributed by atoms with van der Waals surface area (Å²) in [7, 11) is 1.76. The normalized spacial score (nSPS) is 23.0. The molecule has 0 amide bonds. The summed E-state index contributed by atoms with van der Waals surface area (Å²) in [4.78, 5) is 8.25. The summed E-state index contributed by atoms with van der Waals surface area (Å²) < 4.78 is 42.6. The molecule has 0 aliphatic heterocycles. The minimum atomic E-state index is -4.53. The average Bonchev–Trinajstić information content (AvgIpc) is 3.39. The number of rotatable bonds is 5. The summed E-state index contributed by atoms with van der Waals surface area (Å²) in [6.45, 7) is 0. The van der Waals surface area contributed by atoms with Crippen LogP contribution in [0.25, 0.3) is 11.3 Å². The Morgan fingerprint density at radius 2 is 1.86 bits per heavy atom. The van der Waals surface area contributed by atoms with Gasteiger partial charge in [-0.3, -0.25) is 4.68 Å². The van der Waals surface area contributed by atoms with Crippen molar-refractivity contribution in [3.05, 3.63) is 23.7 Å². The van der Waals surface area contributed by atoms with Gasteiger partial charge < -0.3 is 11.1 Å². The first kappa shape index (κ1) is 19.2. The summed E-state index contributed by atoms with van der Waals surface area (Å²) in [5.41, 5.74) is 6.24. The van der Waals surface area contributed by atoms with E-state index in [-0.39, 0.29) is 23.7 Å². The average molecular weight is 394 g/mol. The predicted molar refractivity (Wildman–Crippen MR) is 99.5 cm³/mol. The Kier molecular flexibility index (Phi) is 5.03. The largest absolute Gasteiger partial charge is 0.419 e. The van der Waals surface area contributed by atoms with Gasteiger partial charge in [0.2, 0.25) is 5.95 Å². The van der Waals surface area contributed by atoms with E-state index in [1.54, 1.807) is 11.7 Å². The van der Waals surface area contributed by atoms with Gasteiger partial charge in [0.15, 0.2) is 0 Å². The van der Waals surface area contributed by atoms with Gasteiger partial charge in [-0.05, 0) is 50.9 Å². The van der Waals surface area contributed by atoms with Crippen molar-refractivity contribution in [3.8, 4) is 11.3 Å². The maximum atomic E-state index is 13.6. The molecule has 4 rings (SSSR count). The standard InChI is InChI=1S/C19H25F3N6/c1-28-16(8-11-2-3-11)14(9-25-28)17-15(19(20,21)22)10-24-18(27-17)26-13-6-4-12(23)5-7-13/h9-13H,2-8,23H2,1H3,(H,24,26,27)/t12-,13-. The highest BCUT2D eigenvalue weighted by Crippen LogP contribution is 2.40. The second kappa shape index (κ2) is 7.35. The van der Waals surface area contributed by atoms with Crippen LogP contribution >= 0.6 is 0 Å². The van der Waals surface area contributed by atoms with Crippen LogP contribution in [-0.2, 0) is 19.6 Å². The second-order valence-electron chi connectivity index (χ2n) is 7.99. The molecule has 0 unspecified atom stereocenters. The molecule has 3 N–H and O–H groups in total. The van der Waals surface area contributed by atoms with Crippen LogP contribution in [0.3, 0.4) is 0 Å². The summed E-state index contributed by atoms with van der Waals surface area (Å²) >= 11 is 0. The number of aryl methyl sites for hydroxylation is 1. The van der Waals surface area contributed by atoms with Gasteiger partial charge in [-0.2, -0.15) is 18.3 Å². The minimum absolute atomic E-state index is 0.0961. The van der Waals surface area contributed by atoms with Crippen LogP contribution in [0.1, 0.15) is 49.8 Å². The minimum Gasteiger partial charge on any atom is -0.351 e. The fraction of sp³-hybridized carbons (Fsp3) is 0.632. The van der Waals surface area contributed by atoms with Crippen molar-refractivity contribution in [1.29, 1.82) is 0 Å². The third-order valence-corrected chi connectivity index (χ3v) is 5.69. The zero-order chi connectivity index (χ0) is 19.9. The number of nitrogens with two attached hydrogens (primary N) is 1. The van der Waals surface area contributed by atoms with Gasteiger partial charge in [0, 0.05) is 36.6 Å². The molecule has 0 bridgehead atoms. The number of nitrogens with zero attached hydrogens (tertiary/aromatic N) is 4. The Morgan fingerprint density at radius 3 is 2.50 bits per heavy atom. The summed E-state index contributed by atoms with van der Waals surface area (Å²) in [5.74, 6) is 0.749. The van der Waals surface area contributed by atoms with Gasteiger partial charge in [0.25, 0.3) is 0 Å². The van der Waals surface area contributed by atoms with Gasteiger partial charge in [-0.1, -0.05) is 0 Å². The molecule has 152 valence electrons. The Bertz CT molecular complexity index is 835. The van der Waals surface area contributed by atoms with E-state index in [2.05, 4.69) is 20.4 Å². The van der Waals surface area contributed by atoms with E-state index < -0.39 is 11.7 Å². The third kappa shape index (κ3) is 4.14. The molecule has 0 saturated heterocycles. The first-order chi connectivity index (χ1) is 13.3. The van der Waals surface area contributed by atoms with E-state index in [1.807, 2.05) is 0 Å². The highest BCUT2D eigenvalue weighted by Gasteiger charge is 2.37. The zero-order valence-electron chi connectivity index (χ0n) is 15.8. The molecule has 2 fully saturated rings. The van der Waals surface area contributed by atoms with Crippen molar-refractivity contribution in [1.82, 2.24) is 19.7 Å². The molecule has 28 heavy (non-hydrogen) atoms. The summed E-state index contributed by atoms with van der Waals surface area (Å²) in [5, 5.41) is 7.40. The molecule has 0 atom stereocenters. The second-order valence-corrected chi connectivity index (χ2v) is 7.99. The van der Waals surface area contributed by atoms with Crippen molar-refractivity contribution >= 4 is 5.95 Å². The molecule has 0 radical (unpaired) electrons. The predicted octanol–water partition coefficient (Wildman–Crippen LogP) is 3.53. The van der Waals surface area contributed by atoms with Gasteiger partial charge in [-0.15, -0.1) is 0 Å². The lowest BCUT2D eigenvalue weighted by Crippen LogP contribution is -2.33. The molecule has 2 aliphatic rings. The lowest BCUT2D eigenvalue weighted by atomic mass is 9.92. The Morgan fingerprint density at radius 1 is 1.14 bits per heavy atom. The molecule has 2 aromatic rings. The molecule has 2 aromatic heterocycles. The Labute approximate surface area is 161 Å². The van der Waals surface area contributed by atoms with Crippen LogP contribution in [0, 0.1) is 5.92 Å². The lowest BCUT2D eigenvalue weighted by Gasteiger charge is -2.27. The number of anilines is 1.